The average molecular weight is 287 g/mol. The third kappa shape index (κ3) is 3.42. The number of ether oxygens (including phenoxy) is 2. The number of rotatable bonds is 6. The molecule has 0 bridgehead atoms. The second-order valence-electron chi connectivity index (χ2n) is 6.16. The van der Waals surface area contributed by atoms with Gasteiger partial charge in [0, 0.05) is 13.7 Å². The van der Waals surface area contributed by atoms with Crippen LogP contribution in [0.4, 0.5) is 4.79 Å². The minimum Gasteiger partial charge on any atom is -0.479 e. The lowest BCUT2D eigenvalue weighted by atomic mass is 9.92. The molecule has 1 amide bonds. The maximum Gasteiger partial charge on any atom is 0.411 e. The van der Waals surface area contributed by atoms with Gasteiger partial charge in [-0.25, -0.2) is 9.59 Å². The molecule has 1 rings (SSSR count). The van der Waals surface area contributed by atoms with Crippen molar-refractivity contribution in [3.8, 4) is 0 Å². The van der Waals surface area contributed by atoms with Crippen molar-refractivity contribution < 1.29 is 24.2 Å². The molecule has 1 unspecified atom stereocenters. The normalized spacial score (nSPS) is 18.2. The van der Waals surface area contributed by atoms with Crippen molar-refractivity contribution in [2.45, 2.75) is 51.7 Å². The smallest absolute Gasteiger partial charge is 0.411 e. The number of carbonyl (C=O) groups is 2. The zero-order valence-electron chi connectivity index (χ0n) is 12.9. The summed E-state index contributed by atoms with van der Waals surface area (Å²) in [6, 6.07) is 0. The Bertz CT molecular complexity index is 372. The van der Waals surface area contributed by atoms with Crippen LogP contribution in [0, 0.1) is 5.92 Å². The quantitative estimate of drug-likeness (QED) is 0.809. The van der Waals surface area contributed by atoms with E-state index < -0.39 is 23.2 Å². The Morgan fingerprint density at radius 1 is 1.30 bits per heavy atom. The first kappa shape index (κ1) is 16.8. The topological polar surface area (TPSA) is 76.1 Å². The molecule has 1 atom stereocenters. The molecule has 1 fully saturated rings. The van der Waals surface area contributed by atoms with Gasteiger partial charge in [0.15, 0.2) is 5.54 Å². The van der Waals surface area contributed by atoms with Gasteiger partial charge in [-0.05, 0) is 46.5 Å². The van der Waals surface area contributed by atoms with Crippen LogP contribution in [0.5, 0.6) is 0 Å². The molecule has 116 valence electrons. The maximum atomic E-state index is 12.3. The number of carboxylic acid groups (broad SMARTS) is 1. The minimum absolute atomic E-state index is 0.0277. The molecule has 1 aliphatic rings. The first-order valence-corrected chi connectivity index (χ1v) is 6.92. The first-order chi connectivity index (χ1) is 9.19. The van der Waals surface area contributed by atoms with Gasteiger partial charge in [0.2, 0.25) is 0 Å². The second-order valence-corrected chi connectivity index (χ2v) is 6.16. The summed E-state index contributed by atoms with van der Waals surface area (Å²) in [5.74, 6) is -1.11. The average Bonchev–Trinajstić information content (AvgIpc) is 3.09. The van der Waals surface area contributed by atoms with Crippen molar-refractivity contribution in [2.24, 2.45) is 5.92 Å². The predicted octanol–water partition coefficient (Wildman–Crippen LogP) is 2.12. The summed E-state index contributed by atoms with van der Waals surface area (Å²) < 4.78 is 10.4. The Balaban J connectivity index is 3.08. The number of carboxylic acids is 1. The van der Waals surface area contributed by atoms with Crippen LogP contribution in [0.3, 0.4) is 0 Å². The van der Waals surface area contributed by atoms with Crippen molar-refractivity contribution in [3.63, 3.8) is 0 Å². The van der Waals surface area contributed by atoms with Gasteiger partial charge >= 0.3 is 12.1 Å². The predicted molar refractivity (Wildman–Crippen MR) is 73.6 cm³/mol. The third-order valence-corrected chi connectivity index (χ3v) is 3.40. The molecule has 0 spiro atoms. The van der Waals surface area contributed by atoms with E-state index in [4.69, 9.17) is 9.47 Å². The fourth-order valence-electron chi connectivity index (χ4n) is 2.44. The molecular weight excluding hydrogens is 262 g/mol. The fourth-order valence-corrected chi connectivity index (χ4v) is 2.44. The van der Waals surface area contributed by atoms with Crippen LogP contribution in [0.2, 0.25) is 0 Å². The molecule has 1 saturated carbocycles. The minimum atomic E-state index is -1.33. The maximum absolute atomic E-state index is 12.3. The highest BCUT2D eigenvalue weighted by atomic mass is 16.6. The molecule has 0 radical (unpaired) electrons. The van der Waals surface area contributed by atoms with Crippen LogP contribution in [0.1, 0.15) is 40.5 Å². The summed E-state index contributed by atoms with van der Waals surface area (Å²) in [6.07, 6.45) is 0.968. The summed E-state index contributed by atoms with van der Waals surface area (Å²) in [5, 5.41) is 9.68. The van der Waals surface area contributed by atoms with Crippen molar-refractivity contribution in [2.75, 3.05) is 20.3 Å². The molecule has 20 heavy (non-hydrogen) atoms. The highest BCUT2D eigenvalue weighted by Gasteiger charge is 2.57. The van der Waals surface area contributed by atoms with Gasteiger partial charge in [-0.3, -0.25) is 4.90 Å². The molecule has 0 saturated heterocycles. The highest BCUT2D eigenvalue weighted by Crippen LogP contribution is 2.44. The van der Waals surface area contributed by atoms with Crippen molar-refractivity contribution in [1.29, 1.82) is 0 Å². The first-order valence-electron chi connectivity index (χ1n) is 6.92. The van der Waals surface area contributed by atoms with E-state index in [2.05, 4.69) is 0 Å². The lowest BCUT2D eigenvalue weighted by Gasteiger charge is -2.40. The van der Waals surface area contributed by atoms with Gasteiger partial charge in [0.05, 0.1) is 6.61 Å². The van der Waals surface area contributed by atoms with Crippen molar-refractivity contribution in [1.82, 2.24) is 4.90 Å². The summed E-state index contributed by atoms with van der Waals surface area (Å²) >= 11 is 0. The Kier molecular flexibility index (Phi) is 5.02. The van der Waals surface area contributed by atoms with Gasteiger partial charge in [-0.2, -0.15) is 0 Å². The van der Waals surface area contributed by atoms with E-state index in [9.17, 15) is 14.7 Å². The zero-order valence-corrected chi connectivity index (χ0v) is 12.9. The molecular formula is C14H25NO5. The lowest BCUT2D eigenvalue weighted by Crippen LogP contribution is -2.62. The van der Waals surface area contributed by atoms with Gasteiger partial charge in [-0.1, -0.05) is 0 Å². The Hall–Kier alpha value is -1.30. The van der Waals surface area contributed by atoms with Crippen LogP contribution < -0.4 is 0 Å². The SMILES string of the molecule is CCN(C(=O)OC(C)(C)C)C(COC)(C(=O)O)C1CC1. The molecule has 0 aromatic carbocycles. The number of likely N-dealkylation sites (N-methyl/N-ethyl adjacent to an activating group) is 1. The van der Waals surface area contributed by atoms with Crippen LogP contribution in [0.15, 0.2) is 0 Å². The second kappa shape index (κ2) is 5.99. The lowest BCUT2D eigenvalue weighted by molar-refractivity contribution is -0.157. The van der Waals surface area contributed by atoms with E-state index in [0.717, 1.165) is 12.8 Å². The molecule has 0 heterocycles. The number of nitrogens with zero attached hydrogens (tertiary/aromatic N) is 1. The zero-order chi connectivity index (χ0) is 15.6. The number of hydrogen-bond acceptors (Lipinski definition) is 4. The van der Waals surface area contributed by atoms with Gasteiger partial charge in [-0.15, -0.1) is 0 Å². The fraction of sp³-hybridized carbons (Fsp3) is 0.857. The van der Waals surface area contributed by atoms with E-state index in [1.165, 1.54) is 12.0 Å². The van der Waals surface area contributed by atoms with Crippen molar-refractivity contribution >= 4 is 12.1 Å². The number of carbonyl (C=O) groups excluding carboxylic acids is 1. The summed E-state index contributed by atoms with van der Waals surface area (Å²) in [7, 11) is 1.45. The van der Waals surface area contributed by atoms with Crippen LogP contribution >= 0.6 is 0 Å². The highest BCUT2D eigenvalue weighted by molar-refractivity contribution is 5.85. The molecule has 1 N–H and O–H groups in total. The monoisotopic (exact) mass is 287 g/mol. The van der Waals surface area contributed by atoms with Crippen molar-refractivity contribution in [3.05, 3.63) is 0 Å². The summed E-state index contributed by atoms with van der Waals surface area (Å²) in [6.45, 7) is 7.26. The van der Waals surface area contributed by atoms with E-state index in [-0.39, 0.29) is 19.1 Å². The standard InChI is InChI=1S/C14H25NO5/c1-6-15(12(18)20-13(2,3)4)14(9-19-5,11(16)17)10-7-8-10/h10H,6-9H2,1-5H3,(H,16,17). The van der Waals surface area contributed by atoms with Crippen LogP contribution in [-0.2, 0) is 14.3 Å². The molecule has 0 aromatic heterocycles. The molecule has 0 aliphatic heterocycles. The molecule has 6 heteroatoms. The van der Waals surface area contributed by atoms with Gasteiger partial charge < -0.3 is 14.6 Å². The van der Waals surface area contributed by atoms with E-state index in [1.807, 2.05) is 0 Å². The van der Waals surface area contributed by atoms with Gasteiger partial charge in [0.1, 0.15) is 5.60 Å². The summed E-state index contributed by atoms with van der Waals surface area (Å²) in [5.41, 5.74) is -1.99. The number of hydrogen-bond donors (Lipinski definition) is 1. The van der Waals surface area contributed by atoms with Gasteiger partial charge in [0.25, 0.3) is 0 Å². The van der Waals surface area contributed by atoms with E-state index >= 15 is 0 Å². The Labute approximate surface area is 120 Å². The number of methoxy groups -OCH3 is 1. The molecule has 0 aromatic rings. The van der Waals surface area contributed by atoms with Crippen LogP contribution in [-0.4, -0.2) is 53.5 Å². The van der Waals surface area contributed by atoms with E-state index in [0.29, 0.717) is 0 Å². The largest absolute Gasteiger partial charge is 0.479 e. The number of amides is 1. The third-order valence-electron chi connectivity index (χ3n) is 3.40. The summed E-state index contributed by atoms with van der Waals surface area (Å²) in [4.78, 5) is 25.5. The van der Waals surface area contributed by atoms with E-state index in [1.54, 1.807) is 27.7 Å². The van der Waals surface area contributed by atoms with Crippen LogP contribution in [0.25, 0.3) is 0 Å². The molecule has 6 nitrogen and oxygen atoms in total. The number of aliphatic carboxylic acids is 1. The Morgan fingerprint density at radius 3 is 2.15 bits per heavy atom. The Morgan fingerprint density at radius 2 is 1.85 bits per heavy atom. The molecule has 1 aliphatic carbocycles.